The third-order valence-electron chi connectivity index (χ3n) is 1.42. The van der Waals surface area contributed by atoms with E-state index in [1.165, 1.54) is 0 Å². The Morgan fingerprint density at radius 3 is 2.30 bits per heavy atom. The number of nitrogens with one attached hydrogen (secondary N) is 1. The Labute approximate surface area is 60.5 Å². The molecule has 0 saturated carbocycles. The molecule has 0 aromatic rings. The number of hydrogen-bond donors (Lipinski definition) is 4. The summed E-state index contributed by atoms with van der Waals surface area (Å²) in [4.78, 5) is 0. The highest BCUT2D eigenvalue weighted by molar-refractivity contribution is 4.79. The van der Waals surface area contributed by atoms with Crippen LogP contribution in [-0.2, 0) is 0 Å². The summed E-state index contributed by atoms with van der Waals surface area (Å²) in [5.41, 5.74) is 0. The molecule has 0 amide bonds. The van der Waals surface area contributed by atoms with Gasteiger partial charge in [0.2, 0.25) is 0 Å². The number of rotatable bonds is 1. The third-order valence-corrected chi connectivity index (χ3v) is 1.42. The van der Waals surface area contributed by atoms with Crippen LogP contribution in [0.4, 0.5) is 0 Å². The van der Waals surface area contributed by atoms with Crippen LogP contribution < -0.4 is 5.32 Å². The van der Waals surface area contributed by atoms with E-state index in [0.29, 0.717) is 13.0 Å². The normalized spacial score (nSPS) is 31.2. The first-order valence-corrected chi connectivity index (χ1v) is 3.30. The molecule has 4 nitrogen and oxygen atoms in total. The molecule has 4 N–H and O–H groups in total. The standard InChI is InChI=1S/C5H11NO2.CH4O/c7-3-4-1-5(8)2-6-4;1-2/h4-8H,1-3H2;2H,1H3. The minimum Gasteiger partial charge on any atom is -0.400 e. The highest BCUT2D eigenvalue weighted by atomic mass is 16.3. The molecule has 0 aromatic heterocycles. The van der Waals surface area contributed by atoms with Gasteiger partial charge in [0.1, 0.15) is 0 Å². The van der Waals surface area contributed by atoms with Gasteiger partial charge in [0.25, 0.3) is 0 Å². The lowest BCUT2D eigenvalue weighted by molar-refractivity contribution is 0.184. The molecule has 1 fully saturated rings. The molecule has 10 heavy (non-hydrogen) atoms. The average molecular weight is 149 g/mol. The summed E-state index contributed by atoms with van der Waals surface area (Å²) in [6.07, 6.45) is 0.448. The van der Waals surface area contributed by atoms with E-state index < -0.39 is 0 Å². The monoisotopic (exact) mass is 149 g/mol. The van der Waals surface area contributed by atoms with Gasteiger partial charge in [-0.15, -0.1) is 0 Å². The highest BCUT2D eigenvalue weighted by Gasteiger charge is 2.20. The molecular formula is C6H15NO3. The molecule has 0 radical (unpaired) electrons. The van der Waals surface area contributed by atoms with Crippen LogP contribution in [0.15, 0.2) is 0 Å². The first-order valence-electron chi connectivity index (χ1n) is 3.30. The lowest BCUT2D eigenvalue weighted by Crippen LogP contribution is -2.24. The van der Waals surface area contributed by atoms with Crippen LogP contribution in [0.3, 0.4) is 0 Å². The second-order valence-electron chi connectivity index (χ2n) is 2.18. The zero-order valence-electron chi connectivity index (χ0n) is 6.12. The van der Waals surface area contributed by atoms with Gasteiger partial charge in [-0.05, 0) is 6.42 Å². The number of aliphatic hydroxyl groups excluding tert-OH is 3. The fraction of sp³-hybridized carbons (Fsp3) is 1.00. The first kappa shape index (κ1) is 9.84. The molecule has 62 valence electrons. The summed E-state index contributed by atoms with van der Waals surface area (Å²) in [5.74, 6) is 0. The Hall–Kier alpha value is -0.160. The van der Waals surface area contributed by atoms with Crippen molar-refractivity contribution in [2.75, 3.05) is 20.3 Å². The summed E-state index contributed by atoms with van der Waals surface area (Å²) in [7, 11) is 1.00. The van der Waals surface area contributed by atoms with E-state index in [-0.39, 0.29) is 18.8 Å². The quantitative estimate of drug-likeness (QED) is 0.359. The van der Waals surface area contributed by atoms with E-state index in [9.17, 15) is 0 Å². The molecule has 0 bridgehead atoms. The molecule has 1 heterocycles. The summed E-state index contributed by atoms with van der Waals surface area (Å²) >= 11 is 0. The Morgan fingerprint density at radius 2 is 2.10 bits per heavy atom. The summed E-state index contributed by atoms with van der Waals surface area (Å²) in [6, 6.07) is 0.130. The van der Waals surface area contributed by atoms with Gasteiger partial charge in [0.15, 0.2) is 0 Å². The summed E-state index contributed by atoms with van der Waals surface area (Å²) in [6.45, 7) is 0.766. The Kier molecular flexibility index (Phi) is 5.52. The Bertz CT molecular complexity index is 79.4. The predicted molar refractivity (Wildman–Crippen MR) is 37.6 cm³/mol. The molecule has 0 spiro atoms. The fourth-order valence-electron chi connectivity index (χ4n) is 0.937. The van der Waals surface area contributed by atoms with Crippen molar-refractivity contribution in [2.24, 2.45) is 0 Å². The lowest BCUT2D eigenvalue weighted by atomic mass is 10.2. The van der Waals surface area contributed by atoms with Crippen LogP contribution in [0.1, 0.15) is 6.42 Å². The van der Waals surface area contributed by atoms with Crippen molar-refractivity contribution >= 4 is 0 Å². The number of aliphatic hydroxyl groups is 3. The topological polar surface area (TPSA) is 72.7 Å². The Balaban J connectivity index is 0.000000371. The van der Waals surface area contributed by atoms with E-state index >= 15 is 0 Å². The second-order valence-corrected chi connectivity index (χ2v) is 2.18. The van der Waals surface area contributed by atoms with Gasteiger partial charge in [-0.2, -0.15) is 0 Å². The largest absolute Gasteiger partial charge is 0.400 e. The summed E-state index contributed by atoms with van der Waals surface area (Å²) in [5, 5.41) is 27.3. The highest BCUT2D eigenvalue weighted by Crippen LogP contribution is 2.03. The maximum Gasteiger partial charge on any atom is 0.0680 e. The van der Waals surface area contributed by atoms with E-state index in [4.69, 9.17) is 15.3 Å². The average Bonchev–Trinajstić information content (AvgIpc) is 2.40. The van der Waals surface area contributed by atoms with Gasteiger partial charge in [0, 0.05) is 19.7 Å². The zero-order chi connectivity index (χ0) is 7.98. The van der Waals surface area contributed by atoms with Crippen LogP contribution in [0.25, 0.3) is 0 Å². The van der Waals surface area contributed by atoms with Gasteiger partial charge in [0.05, 0.1) is 12.7 Å². The van der Waals surface area contributed by atoms with Gasteiger partial charge >= 0.3 is 0 Å². The molecule has 2 atom stereocenters. The Morgan fingerprint density at radius 1 is 1.50 bits per heavy atom. The minimum atomic E-state index is -0.243. The molecule has 0 aliphatic carbocycles. The van der Waals surface area contributed by atoms with Crippen LogP contribution in [0.5, 0.6) is 0 Å². The predicted octanol–water partition coefficient (Wildman–Crippen LogP) is -1.69. The molecule has 2 unspecified atom stereocenters. The molecule has 1 saturated heterocycles. The van der Waals surface area contributed by atoms with Crippen molar-refractivity contribution in [1.82, 2.24) is 5.32 Å². The van der Waals surface area contributed by atoms with E-state index in [2.05, 4.69) is 5.32 Å². The molecule has 1 aliphatic rings. The van der Waals surface area contributed by atoms with Gasteiger partial charge < -0.3 is 20.6 Å². The zero-order valence-corrected chi connectivity index (χ0v) is 6.12. The van der Waals surface area contributed by atoms with Crippen molar-refractivity contribution in [3.63, 3.8) is 0 Å². The lowest BCUT2D eigenvalue weighted by Gasteiger charge is -2.01. The van der Waals surface area contributed by atoms with Gasteiger partial charge in [-0.3, -0.25) is 0 Å². The van der Waals surface area contributed by atoms with Crippen molar-refractivity contribution in [3.8, 4) is 0 Å². The molecule has 4 heteroatoms. The smallest absolute Gasteiger partial charge is 0.0680 e. The van der Waals surface area contributed by atoms with Crippen LogP contribution in [0.2, 0.25) is 0 Å². The molecule has 1 aliphatic heterocycles. The van der Waals surface area contributed by atoms with Crippen LogP contribution in [0, 0.1) is 0 Å². The van der Waals surface area contributed by atoms with Crippen molar-refractivity contribution in [3.05, 3.63) is 0 Å². The fourth-order valence-corrected chi connectivity index (χ4v) is 0.937. The van der Waals surface area contributed by atoms with Crippen molar-refractivity contribution in [1.29, 1.82) is 0 Å². The minimum absolute atomic E-state index is 0.130. The molecular weight excluding hydrogens is 134 g/mol. The molecule has 0 aromatic carbocycles. The van der Waals surface area contributed by atoms with E-state index in [0.717, 1.165) is 7.11 Å². The van der Waals surface area contributed by atoms with Crippen LogP contribution >= 0.6 is 0 Å². The number of hydrogen-bond acceptors (Lipinski definition) is 4. The van der Waals surface area contributed by atoms with Crippen molar-refractivity contribution < 1.29 is 15.3 Å². The van der Waals surface area contributed by atoms with Gasteiger partial charge in [-0.25, -0.2) is 0 Å². The maximum atomic E-state index is 8.86. The SMILES string of the molecule is CO.OCC1CC(O)CN1. The van der Waals surface area contributed by atoms with E-state index in [1.807, 2.05) is 0 Å². The number of β-amino-alcohol motifs (C(OH)–C–C–N with tert-alkyl or cyclic N) is 1. The van der Waals surface area contributed by atoms with E-state index in [1.54, 1.807) is 0 Å². The second kappa shape index (κ2) is 5.61. The van der Waals surface area contributed by atoms with Crippen molar-refractivity contribution in [2.45, 2.75) is 18.6 Å². The summed E-state index contributed by atoms with van der Waals surface area (Å²) < 4.78 is 0. The third kappa shape index (κ3) is 3.12. The van der Waals surface area contributed by atoms with Crippen LogP contribution in [-0.4, -0.2) is 47.7 Å². The van der Waals surface area contributed by atoms with Gasteiger partial charge in [-0.1, -0.05) is 0 Å². The maximum absolute atomic E-state index is 8.86. The molecule has 1 rings (SSSR count). The first-order chi connectivity index (χ1) is 4.83.